The molecule has 0 saturated heterocycles. The van der Waals surface area contributed by atoms with Gasteiger partial charge in [0.2, 0.25) is 0 Å². The predicted octanol–water partition coefficient (Wildman–Crippen LogP) is 0.632. The lowest BCUT2D eigenvalue weighted by atomic mass is 10.2. The summed E-state index contributed by atoms with van der Waals surface area (Å²) in [5.41, 5.74) is 14.0. The highest BCUT2D eigenvalue weighted by molar-refractivity contribution is 5.51. The zero-order valence-electron chi connectivity index (χ0n) is 5.28. The highest BCUT2D eigenvalue weighted by atomic mass is 14.7. The van der Waals surface area contributed by atoms with Crippen molar-refractivity contribution in [1.29, 1.82) is 0 Å². The molecule has 9 heavy (non-hydrogen) atoms. The van der Waals surface area contributed by atoms with Gasteiger partial charge < -0.3 is 11.5 Å². The van der Waals surface area contributed by atoms with Crippen LogP contribution in [0.1, 0.15) is 6.42 Å². The van der Waals surface area contributed by atoms with Crippen LogP contribution in [0.3, 0.4) is 0 Å². The Morgan fingerprint density at radius 2 is 1.78 bits per heavy atom. The minimum Gasteiger partial charge on any atom is -0.400 e. The zero-order chi connectivity index (χ0) is 7.02. The monoisotopic (exact) mass is 122 g/mol. The topological polar surface area (TPSA) is 52.0 Å². The van der Waals surface area contributed by atoms with Crippen LogP contribution in [-0.4, -0.2) is 0 Å². The normalized spacial score (nSPS) is 19.6. The van der Waals surface area contributed by atoms with Gasteiger partial charge in [0.15, 0.2) is 0 Å². The van der Waals surface area contributed by atoms with Crippen molar-refractivity contribution >= 4 is 0 Å². The molecular formula is C7H10N2. The van der Waals surface area contributed by atoms with Crippen LogP contribution in [0.2, 0.25) is 0 Å². The van der Waals surface area contributed by atoms with Crippen LogP contribution in [-0.2, 0) is 0 Å². The van der Waals surface area contributed by atoms with E-state index < -0.39 is 0 Å². The summed E-state index contributed by atoms with van der Waals surface area (Å²) < 4.78 is 0. The fraction of sp³-hybridized carbons (Fsp3) is 0.143. The van der Waals surface area contributed by atoms with E-state index in [9.17, 15) is 0 Å². The van der Waals surface area contributed by atoms with Crippen molar-refractivity contribution in [3.8, 4) is 0 Å². The molecule has 0 aromatic carbocycles. The number of nitrogens with two attached hydrogens (primary N) is 2. The summed E-state index contributed by atoms with van der Waals surface area (Å²) in [6.45, 7) is 7.44. The number of hydrogen-bond acceptors (Lipinski definition) is 2. The highest BCUT2D eigenvalue weighted by Gasteiger charge is 2.15. The zero-order valence-corrected chi connectivity index (χ0v) is 5.28. The highest BCUT2D eigenvalue weighted by Crippen LogP contribution is 2.27. The molecular weight excluding hydrogens is 112 g/mol. The smallest absolute Gasteiger partial charge is 0.0578 e. The maximum absolute atomic E-state index is 5.51. The Hall–Kier alpha value is -1.18. The van der Waals surface area contributed by atoms with Crippen molar-refractivity contribution in [2.75, 3.05) is 0 Å². The van der Waals surface area contributed by atoms with Crippen molar-refractivity contribution in [3.05, 3.63) is 35.7 Å². The Balaban J connectivity index is 3.01. The van der Waals surface area contributed by atoms with E-state index in [1.54, 1.807) is 0 Å². The lowest BCUT2D eigenvalue weighted by Gasteiger charge is -1.94. The van der Waals surface area contributed by atoms with Crippen LogP contribution in [0.5, 0.6) is 0 Å². The average molecular weight is 122 g/mol. The molecule has 0 fully saturated rings. The van der Waals surface area contributed by atoms with Gasteiger partial charge in [-0.15, -0.1) is 0 Å². The van der Waals surface area contributed by atoms with E-state index in [-0.39, 0.29) is 0 Å². The molecule has 1 rings (SSSR count). The van der Waals surface area contributed by atoms with Gasteiger partial charge in [-0.05, 0) is 11.1 Å². The summed E-state index contributed by atoms with van der Waals surface area (Å²) in [5, 5.41) is 0. The molecule has 0 spiro atoms. The third-order valence-corrected chi connectivity index (χ3v) is 1.50. The Bertz CT molecular complexity index is 208. The average Bonchev–Trinajstić information content (AvgIpc) is 1.98. The third-order valence-electron chi connectivity index (χ3n) is 1.50. The second kappa shape index (κ2) is 1.65. The lowest BCUT2D eigenvalue weighted by molar-refractivity contribution is 1.15. The van der Waals surface area contributed by atoms with E-state index >= 15 is 0 Å². The van der Waals surface area contributed by atoms with E-state index in [1.807, 2.05) is 0 Å². The molecule has 0 unspecified atom stereocenters. The van der Waals surface area contributed by atoms with Gasteiger partial charge in [0.1, 0.15) is 0 Å². The second-order valence-corrected chi connectivity index (χ2v) is 2.20. The van der Waals surface area contributed by atoms with E-state index in [1.165, 1.54) is 0 Å². The second-order valence-electron chi connectivity index (χ2n) is 2.20. The fourth-order valence-electron chi connectivity index (χ4n) is 0.816. The summed E-state index contributed by atoms with van der Waals surface area (Å²) in [7, 11) is 0. The summed E-state index contributed by atoms with van der Waals surface area (Å²) >= 11 is 0. The van der Waals surface area contributed by atoms with Gasteiger partial charge in [0.05, 0.1) is 5.70 Å². The van der Waals surface area contributed by atoms with Gasteiger partial charge in [0, 0.05) is 12.1 Å². The van der Waals surface area contributed by atoms with Gasteiger partial charge in [-0.3, -0.25) is 0 Å². The maximum atomic E-state index is 5.51. The molecule has 48 valence electrons. The molecule has 2 heteroatoms. The largest absolute Gasteiger partial charge is 0.400 e. The molecule has 0 atom stereocenters. The first-order valence-electron chi connectivity index (χ1n) is 2.74. The first-order valence-corrected chi connectivity index (χ1v) is 2.74. The molecule has 4 N–H and O–H groups in total. The molecule has 0 heterocycles. The van der Waals surface area contributed by atoms with E-state index in [0.29, 0.717) is 17.8 Å². The van der Waals surface area contributed by atoms with Gasteiger partial charge in [0.25, 0.3) is 0 Å². The molecule has 0 bridgehead atoms. The van der Waals surface area contributed by atoms with Crippen LogP contribution in [0.15, 0.2) is 35.7 Å². The minimum atomic E-state index is 0.611. The van der Waals surface area contributed by atoms with Crippen LogP contribution in [0, 0.1) is 0 Å². The van der Waals surface area contributed by atoms with Crippen molar-refractivity contribution in [3.63, 3.8) is 0 Å². The third kappa shape index (κ3) is 0.721. The van der Waals surface area contributed by atoms with Gasteiger partial charge >= 0.3 is 0 Å². The summed E-state index contributed by atoms with van der Waals surface area (Å²) in [6, 6.07) is 0. The van der Waals surface area contributed by atoms with Crippen LogP contribution in [0.4, 0.5) is 0 Å². The Labute approximate surface area is 54.5 Å². The Morgan fingerprint density at radius 1 is 1.22 bits per heavy atom. The number of allylic oxidation sites excluding steroid dienone is 2. The summed E-state index contributed by atoms with van der Waals surface area (Å²) in [5.74, 6) is 0. The molecule has 0 saturated carbocycles. The first kappa shape index (κ1) is 5.95. The van der Waals surface area contributed by atoms with Crippen LogP contribution < -0.4 is 11.5 Å². The summed E-state index contributed by atoms with van der Waals surface area (Å²) in [6.07, 6.45) is 0.685. The maximum Gasteiger partial charge on any atom is 0.0578 e. The number of rotatable bonds is 0. The Kier molecular flexibility index (Phi) is 1.09. The molecule has 0 radical (unpaired) electrons. The van der Waals surface area contributed by atoms with E-state index in [0.717, 1.165) is 11.1 Å². The SMILES string of the molecule is C=C1CC(N)=C(N)C1=C. The molecule has 0 aromatic rings. The van der Waals surface area contributed by atoms with Gasteiger partial charge in [-0.1, -0.05) is 13.2 Å². The minimum absolute atomic E-state index is 0.611. The Morgan fingerprint density at radius 3 is 1.89 bits per heavy atom. The molecule has 0 amide bonds. The standard InChI is InChI=1S/C7H10N2/c1-4-3-6(8)7(9)5(4)2/h1-3,8-9H2. The van der Waals surface area contributed by atoms with Crippen molar-refractivity contribution in [1.82, 2.24) is 0 Å². The van der Waals surface area contributed by atoms with Gasteiger partial charge in [-0.25, -0.2) is 0 Å². The molecule has 1 aliphatic carbocycles. The molecule has 2 nitrogen and oxygen atoms in total. The van der Waals surface area contributed by atoms with Crippen molar-refractivity contribution < 1.29 is 0 Å². The van der Waals surface area contributed by atoms with Crippen LogP contribution >= 0.6 is 0 Å². The fourth-order valence-corrected chi connectivity index (χ4v) is 0.816. The quantitative estimate of drug-likeness (QED) is 0.495. The molecule has 0 aliphatic heterocycles. The molecule has 0 aromatic heterocycles. The molecule has 1 aliphatic rings. The predicted molar refractivity (Wildman–Crippen MR) is 38.3 cm³/mol. The number of hydrogen-bond donors (Lipinski definition) is 2. The van der Waals surface area contributed by atoms with Crippen molar-refractivity contribution in [2.24, 2.45) is 11.5 Å². The first-order chi connectivity index (χ1) is 4.13. The lowest BCUT2D eigenvalue weighted by Crippen LogP contribution is -2.03. The van der Waals surface area contributed by atoms with E-state index in [2.05, 4.69) is 13.2 Å². The summed E-state index contributed by atoms with van der Waals surface area (Å²) in [4.78, 5) is 0. The van der Waals surface area contributed by atoms with Crippen molar-refractivity contribution in [2.45, 2.75) is 6.42 Å². The van der Waals surface area contributed by atoms with Crippen LogP contribution in [0.25, 0.3) is 0 Å². The van der Waals surface area contributed by atoms with E-state index in [4.69, 9.17) is 11.5 Å². The van der Waals surface area contributed by atoms with Gasteiger partial charge in [-0.2, -0.15) is 0 Å².